The first kappa shape index (κ1) is 10.6. The van der Waals surface area contributed by atoms with Crippen LogP contribution < -0.4 is 0 Å². The lowest BCUT2D eigenvalue weighted by molar-refractivity contribution is 0.230. The Labute approximate surface area is 79.7 Å². The van der Waals surface area contributed by atoms with Gasteiger partial charge in [0.2, 0.25) is 0 Å². The molecule has 0 aromatic carbocycles. The minimum absolute atomic E-state index is 0.331. The number of hydrogen-bond donors (Lipinski definition) is 0. The van der Waals surface area contributed by atoms with Crippen LogP contribution in [0.2, 0.25) is 0 Å². The molecule has 0 radical (unpaired) electrons. The maximum Gasteiger partial charge on any atom is 0.155 e. The van der Waals surface area contributed by atoms with Gasteiger partial charge >= 0.3 is 0 Å². The van der Waals surface area contributed by atoms with E-state index in [2.05, 4.69) is 6.58 Å². The average molecular weight is 204 g/mol. The van der Waals surface area contributed by atoms with Crippen LogP contribution in [0.25, 0.3) is 0 Å². The SMILES string of the molecule is C=COCCC1(C)CCCS1(=O)=O. The summed E-state index contributed by atoms with van der Waals surface area (Å²) < 4.78 is 27.6. The Kier molecular flexibility index (Phi) is 3.01. The van der Waals surface area contributed by atoms with E-state index in [-0.39, 0.29) is 0 Å². The predicted molar refractivity (Wildman–Crippen MR) is 52.2 cm³/mol. The second kappa shape index (κ2) is 3.70. The molecular weight excluding hydrogens is 188 g/mol. The average Bonchev–Trinajstić information content (AvgIpc) is 2.28. The van der Waals surface area contributed by atoms with E-state index in [1.807, 2.05) is 6.92 Å². The monoisotopic (exact) mass is 204 g/mol. The molecule has 0 aliphatic carbocycles. The summed E-state index contributed by atoms with van der Waals surface area (Å²) in [5, 5.41) is 0. The van der Waals surface area contributed by atoms with E-state index in [1.165, 1.54) is 6.26 Å². The van der Waals surface area contributed by atoms with E-state index in [0.29, 0.717) is 18.8 Å². The molecule has 0 spiro atoms. The molecule has 0 bridgehead atoms. The lowest BCUT2D eigenvalue weighted by atomic mass is 10.0. The summed E-state index contributed by atoms with van der Waals surface area (Å²) in [6.07, 6.45) is 3.47. The summed E-state index contributed by atoms with van der Waals surface area (Å²) in [5.41, 5.74) is 0. The summed E-state index contributed by atoms with van der Waals surface area (Å²) in [6, 6.07) is 0. The van der Waals surface area contributed by atoms with Gasteiger partial charge < -0.3 is 4.74 Å². The number of rotatable bonds is 4. The maximum atomic E-state index is 11.6. The second-order valence-electron chi connectivity index (χ2n) is 3.66. The first-order valence-corrected chi connectivity index (χ1v) is 6.12. The Morgan fingerprint density at radius 3 is 2.77 bits per heavy atom. The van der Waals surface area contributed by atoms with Crippen molar-refractivity contribution in [2.45, 2.75) is 30.9 Å². The van der Waals surface area contributed by atoms with Crippen LogP contribution in [-0.4, -0.2) is 25.5 Å². The third kappa shape index (κ3) is 2.05. The first-order valence-electron chi connectivity index (χ1n) is 4.47. The highest BCUT2D eigenvalue weighted by Crippen LogP contribution is 2.34. The third-order valence-electron chi connectivity index (χ3n) is 2.74. The second-order valence-corrected chi connectivity index (χ2v) is 6.28. The standard InChI is InChI=1S/C9H16O3S/c1-3-12-7-6-9(2)5-4-8-13(9,10)11/h3H,1,4-8H2,2H3. The molecule has 4 heteroatoms. The Bertz CT molecular complexity index is 281. The molecule has 1 aliphatic rings. The van der Waals surface area contributed by atoms with Crippen molar-refractivity contribution in [1.82, 2.24) is 0 Å². The van der Waals surface area contributed by atoms with Gasteiger partial charge in [-0.2, -0.15) is 0 Å². The molecule has 1 saturated heterocycles. The van der Waals surface area contributed by atoms with Crippen LogP contribution in [0.1, 0.15) is 26.2 Å². The van der Waals surface area contributed by atoms with E-state index in [4.69, 9.17) is 4.74 Å². The molecule has 0 saturated carbocycles. The Morgan fingerprint density at radius 2 is 2.31 bits per heavy atom. The Balaban J connectivity index is 2.60. The molecular formula is C9H16O3S. The summed E-state index contributed by atoms with van der Waals surface area (Å²) >= 11 is 0. The highest BCUT2D eigenvalue weighted by atomic mass is 32.2. The van der Waals surface area contributed by atoms with E-state index in [9.17, 15) is 8.42 Å². The van der Waals surface area contributed by atoms with Gasteiger partial charge in [0.25, 0.3) is 0 Å². The largest absolute Gasteiger partial charge is 0.502 e. The molecule has 1 unspecified atom stereocenters. The normalized spacial score (nSPS) is 31.5. The van der Waals surface area contributed by atoms with Gasteiger partial charge in [-0.1, -0.05) is 6.58 Å². The van der Waals surface area contributed by atoms with Crippen LogP contribution in [0.4, 0.5) is 0 Å². The molecule has 3 nitrogen and oxygen atoms in total. The summed E-state index contributed by atoms with van der Waals surface area (Å²) in [5.74, 6) is 0.331. The van der Waals surface area contributed by atoms with Gasteiger partial charge in [-0.05, 0) is 19.8 Å². The molecule has 13 heavy (non-hydrogen) atoms. The zero-order valence-electron chi connectivity index (χ0n) is 7.95. The van der Waals surface area contributed by atoms with Crippen molar-refractivity contribution in [3.8, 4) is 0 Å². The van der Waals surface area contributed by atoms with E-state index in [1.54, 1.807) is 0 Å². The lowest BCUT2D eigenvalue weighted by Crippen LogP contribution is -2.32. The van der Waals surface area contributed by atoms with Gasteiger partial charge in [-0.15, -0.1) is 0 Å². The van der Waals surface area contributed by atoms with Gasteiger partial charge in [-0.3, -0.25) is 0 Å². The first-order chi connectivity index (χ1) is 6.02. The predicted octanol–water partition coefficient (Wildman–Crippen LogP) is 1.50. The maximum absolute atomic E-state index is 11.6. The highest BCUT2D eigenvalue weighted by molar-refractivity contribution is 7.93. The van der Waals surface area contributed by atoms with Crippen molar-refractivity contribution in [1.29, 1.82) is 0 Å². The summed E-state index contributed by atoms with van der Waals surface area (Å²) in [6.45, 7) is 5.66. The van der Waals surface area contributed by atoms with Gasteiger partial charge in [0.1, 0.15) is 0 Å². The van der Waals surface area contributed by atoms with Crippen LogP contribution >= 0.6 is 0 Å². The third-order valence-corrected chi connectivity index (χ3v) is 5.47. The van der Waals surface area contributed by atoms with Gasteiger partial charge in [0.05, 0.1) is 23.4 Å². The van der Waals surface area contributed by atoms with Crippen LogP contribution in [0.15, 0.2) is 12.8 Å². The van der Waals surface area contributed by atoms with Crippen molar-refractivity contribution in [2.24, 2.45) is 0 Å². The molecule has 0 amide bonds. The fourth-order valence-electron chi connectivity index (χ4n) is 1.68. The molecule has 0 aromatic heterocycles. The number of ether oxygens (including phenoxy) is 1. The fourth-order valence-corrected chi connectivity index (χ4v) is 3.54. The molecule has 1 heterocycles. The molecule has 1 atom stereocenters. The Hall–Kier alpha value is -0.510. The molecule has 0 N–H and O–H groups in total. The highest BCUT2D eigenvalue weighted by Gasteiger charge is 2.42. The van der Waals surface area contributed by atoms with Crippen molar-refractivity contribution < 1.29 is 13.2 Å². The van der Waals surface area contributed by atoms with E-state index in [0.717, 1.165) is 12.8 Å². The van der Waals surface area contributed by atoms with Gasteiger partial charge in [0.15, 0.2) is 9.84 Å². The zero-order chi connectivity index (χ0) is 9.95. The molecule has 1 aliphatic heterocycles. The quantitative estimate of drug-likeness (QED) is 0.515. The molecule has 1 rings (SSSR count). The zero-order valence-corrected chi connectivity index (χ0v) is 8.77. The van der Waals surface area contributed by atoms with Crippen LogP contribution in [-0.2, 0) is 14.6 Å². The van der Waals surface area contributed by atoms with Crippen LogP contribution in [0, 0.1) is 0 Å². The van der Waals surface area contributed by atoms with Crippen molar-refractivity contribution in [2.75, 3.05) is 12.4 Å². The topological polar surface area (TPSA) is 43.4 Å². The molecule has 76 valence electrons. The van der Waals surface area contributed by atoms with Crippen molar-refractivity contribution >= 4 is 9.84 Å². The molecule has 1 fully saturated rings. The minimum atomic E-state index is -2.88. The summed E-state index contributed by atoms with van der Waals surface area (Å²) in [7, 11) is -2.88. The number of sulfone groups is 1. The van der Waals surface area contributed by atoms with Crippen molar-refractivity contribution in [3.05, 3.63) is 12.8 Å². The van der Waals surface area contributed by atoms with Gasteiger partial charge in [0, 0.05) is 6.42 Å². The smallest absolute Gasteiger partial charge is 0.155 e. The van der Waals surface area contributed by atoms with E-state index >= 15 is 0 Å². The minimum Gasteiger partial charge on any atom is -0.502 e. The van der Waals surface area contributed by atoms with E-state index < -0.39 is 14.6 Å². The van der Waals surface area contributed by atoms with Gasteiger partial charge in [-0.25, -0.2) is 8.42 Å². The fraction of sp³-hybridized carbons (Fsp3) is 0.778. The van der Waals surface area contributed by atoms with Crippen LogP contribution in [0.5, 0.6) is 0 Å². The van der Waals surface area contributed by atoms with Crippen LogP contribution in [0.3, 0.4) is 0 Å². The van der Waals surface area contributed by atoms with Crippen molar-refractivity contribution in [3.63, 3.8) is 0 Å². The number of hydrogen-bond acceptors (Lipinski definition) is 3. The summed E-state index contributed by atoms with van der Waals surface area (Å²) in [4.78, 5) is 0. The molecule has 0 aromatic rings. The Morgan fingerprint density at radius 1 is 1.62 bits per heavy atom. The lowest BCUT2D eigenvalue weighted by Gasteiger charge is -2.21.